The van der Waals surface area contributed by atoms with E-state index >= 15 is 0 Å². The van der Waals surface area contributed by atoms with Crippen molar-refractivity contribution < 1.29 is 14.3 Å². The standard InChI is InChI=1S/C20H19Br2NO3/c1-4-14-16(21)10-13(11-17(14)22)12(2)9-19(24)23-18-8-6-5-7-15(18)20(25)26-3/h5-11H,4H2,1-3H3,(H,23,24)/b12-9-. The lowest BCUT2D eigenvalue weighted by molar-refractivity contribution is -0.111. The highest BCUT2D eigenvalue weighted by Gasteiger charge is 2.13. The van der Waals surface area contributed by atoms with Gasteiger partial charge in [-0.25, -0.2) is 4.79 Å². The molecule has 26 heavy (non-hydrogen) atoms. The van der Waals surface area contributed by atoms with Crippen molar-refractivity contribution in [2.75, 3.05) is 12.4 Å². The van der Waals surface area contributed by atoms with E-state index in [1.54, 1.807) is 24.3 Å². The molecular weight excluding hydrogens is 462 g/mol. The highest BCUT2D eigenvalue weighted by Crippen LogP contribution is 2.30. The van der Waals surface area contributed by atoms with Crippen molar-refractivity contribution in [1.29, 1.82) is 0 Å². The molecule has 0 aliphatic carbocycles. The number of carbonyl (C=O) groups is 2. The maximum absolute atomic E-state index is 12.4. The van der Waals surface area contributed by atoms with Gasteiger partial charge in [0.2, 0.25) is 5.91 Å². The molecule has 1 N–H and O–H groups in total. The smallest absolute Gasteiger partial charge is 0.339 e. The Morgan fingerprint density at radius 2 is 1.77 bits per heavy atom. The van der Waals surface area contributed by atoms with E-state index < -0.39 is 5.97 Å². The fourth-order valence-electron chi connectivity index (χ4n) is 2.50. The van der Waals surface area contributed by atoms with Gasteiger partial charge in [-0.05, 0) is 54.3 Å². The maximum atomic E-state index is 12.4. The minimum atomic E-state index is -0.496. The second-order valence-corrected chi connectivity index (χ2v) is 7.33. The number of methoxy groups -OCH3 is 1. The largest absolute Gasteiger partial charge is 0.465 e. The number of esters is 1. The molecule has 2 rings (SSSR count). The molecule has 0 unspecified atom stereocenters. The van der Waals surface area contributed by atoms with Gasteiger partial charge in [-0.15, -0.1) is 0 Å². The maximum Gasteiger partial charge on any atom is 0.339 e. The summed E-state index contributed by atoms with van der Waals surface area (Å²) in [6, 6.07) is 10.7. The molecule has 0 aromatic heterocycles. The Morgan fingerprint density at radius 3 is 2.35 bits per heavy atom. The molecule has 2 aromatic rings. The summed E-state index contributed by atoms with van der Waals surface area (Å²) in [4.78, 5) is 24.2. The third-order valence-corrected chi connectivity index (χ3v) is 5.30. The number of nitrogens with one attached hydrogen (secondary N) is 1. The summed E-state index contributed by atoms with van der Waals surface area (Å²) in [5, 5.41) is 2.74. The molecule has 6 heteroatoms. The molecule has 0 radical (unpaired) electrons. The Morgan fingerprint density at radius 1 is 1.15 bits per heavy atom. The number of amides is 1. The van der Waals surface area contributed by atoms with Crippen LogP contribution in [-0.2, 0) is 16.0 Å². The van der Waals surface area contributed by atoms with Crippen molar-refractivity contribution in [3.05, 3.63) is 68.1 Å². The summed E-state index contributed by atoms with van der Waals surface area (Å²) < 4.78 is 6.73. The van der Waals surface area contributed by atoms with E-state index in [1.807, 2.05) is 19.1 Å². The number of benzene rings is 2. The fourth-order valence-corrected chi connectivity index (χ4v) is 4.24. The number of halogens is 2. The Kier molecular flexibility index (Phi) is 7.17. The first-order valence-corrected chi connectivity index (χ1v) is 9.60. The van der Waals surface area contributed by atoms with Gasteiger partial charge < -0.3 is 10.1 Å². The van der Waals surface area contributed by atoms with E-state index in [-0.39, 0.29) is 5.91 Å². The zero-order valence-corrected chi connectivity index (χ0v) is 17.9. The van der Waals surface area contributed by atoms with Gasteiger partial charge in [0.05, 0.1) is 18.4 Å². The Bertz CT molecular complexity index is 852. The number of para-hydroxylation sites is 1. The highest BCUT2D eigenvalue weighted by atomic mass is 79.9. The topological polar surface area (TPSA) is 55.4 Å². The first-order chi connectivity index (χ1) is 12.4. The third-order valence-electron chi connectivity index (χ3n) is 3.89. The average molecular weight is 481 g/mol. The van der Waals surface area contributed by atoms with Gasteiger partial charge in [0.1, 0.15) is 0 Å². The lowest BCUT2D eigenvalue weighted by Crippen LogP contribution is -2.13. The predicted molar refractivity (Wildman–Crippen MR) is 111 cm³/mol. The van der Waals surface area contributed by atoms with Crippen LogP contribution in [0.4, 0.5) is 5.69 Å². The zero-order chi connectivity index (χ0) is 19.3. The van der Waals surface area contributed by atoms with Gasteiger partial charge in [-0.2, -0.15) is 0 Å². The van der Waals surface area contributed by atoms with E-state index in [0.29, 0.717) is 11.3 Å². The van der Waals surface area contributed by atoms with Crippen LogP contribution in [0.3, 0.4) is 0 Å². The summed E-state index contributed by atoms with van der Waals surface area (Å²) >= 11 is 7.14. The zero-order valence-electron chi connectivity index (χ0n) is 14.7. The van der Waals surface area contributed by atoms with Gasteiger partial charge in [0.25, 0.3) is 0 Å². The molecule has 4 nitrogen and oxygen atoms in total. The molecule has 0 aliphatic heterocycles. The highest BCUT2D eigenvalue weighted by molar-refractivity contribution is 9.11. The number of hydrogen-bond donors (Lipinski definition) is 1. The second-order valence-electron chi connectivity index (χ2n) is 5.63. The van der Waals surface area contributed by atoms with Crippen LogP contribution in [0.5, 0.6) is 0 Å². The first kappa shape index (κ1) is 20.4. The molecule has 0 saturated carbocycles. The predicted octanol–water partition coefficient (Wildman–Crippen LogP) is 5.60. The minimum Gasteiger partial charge on any atom is -0.465 e. The molecular formula is C20H19Br2NO3. The van der Waals surface area contributed by atoms with Gasteiger partial charge >= 0.3 is 5.97 Å². The number of hydrogen-bond acceptors (Lipinski definition) is 3. The van der Waals surface area contributed by atoms with Crippen LogP contribution in [0, 0.1) is 0 Å². The van der Waals surface area contributed by atoms with Crippen molar-refractivity contribution >= 4 is 55.0 Å². The van der Waals surface area contributed by atoms with Crippen molar-refractivity contribution in [3.8, 4) is 0 Å². The first-order valence-electron chi connectivity index (χ1n) is 8.02. The van der Waals surface area contributed by atoms with E-state index in [0.717, 1.165) is 26.5 Å². The number of rotatable bonds is 5. The van der Waals surface area contributed by atoms with Crippen molar-refractivity contribution in [2.24, 2.45) is 0 Å². The molecule has 0 aliphatic rings. The number of allylic oxidation sites excluding steroid dienone is 1. The van der Waals surface area contributed by atoms with Crippen LogP contribution >= 0.6 is 31.9 Å². The summed E-state index contributed by atoms with van der Waals surface area (Å²) in [5.74, 6) is -0.810. The van der Waals surface area contributed by atoms with Crippen molar-refractivity contribution in [2.45, 2.75) is 20.3 Å². The van der Waals surface area contributed by atoms with Gasteiger partial charge in [0.15, 0.2) is 0 Å². The van der Waals surface area contributed by atoms with Crippen LogP contribution in [0.25, 0.3) is 5.57 Å². The van der Waals surface area contributed by atoms with Crippen LogP contribution in [0.15, 0.2) is 51.4 Å². The van der Waals surface area contributed by atoms with Crippen LogP contribution in [0.1, 0.15) is 35.3 Å². The van der Waals surface area contributed by atoms with Gasteiger partial charge in [-0.1, -0.05) is 50.9 Å². The molecule has 0 fully saturated rings. The summed E-state index contributed by atoms with van der Waals surface area (Å²) in [7, 11) is 1.31. The molecule has 0 atom stereocenters. The fraction of sp³-hybridized carbons (Fsp3) is 0.200. The molecule has 0 spiro atoms. The monoisotopic (exact) mass is 479 g/mol. The molecule has 1 amide bonds. The summed E-state index contributed by atoms with van der Waals surface area (Å²) in [5.41, 5.74) is 3.64. The quantitative estimate of drug-likeness (QED) is 0.447. The Balaban J connectivity index is 2.25. The third kappa shape index (κ3) is 4.83. The van der Waals surface area contributed by atoms with Crippen LogP contribution < -0.4 is 5.32 Å². The SMILES string of the molecule is CCc1c(Br)cc(/C(C)=C\C(=O)Nc2ccccc2C(=O)OC)cc1Br. The minimum absolute atomic E-state index is 0.312. The molecule has 2 aromatic carbocycles. The lowest BCUT2D eigenvalue weighted by Gasteiger charge is -2.10. The van der Waals surface area contributed by atoms with E-state index in [4.69, 9.17) is 4.74 Å². The van der Waals surface area contributed by atoms with E-state index in [1.165, 1.54) is 18.7 Å². The Labute approximate surface area is 169 Å². The molecule has 0 saturated heterocycles. The molecule has 0 heterocycles. The van der Waals surface area contributed by atoms with Gasteiger partial charge in [-0.3, -0.25) is 4.79 Å². The van der Waals surface area contributed by atoms with Gasteiger partial charge in [0, 0.05) is 15.0 Å². The molecule has 0 bridgehead atoms. The van der Waals surface area contributed by atoms with Crippen LogP contribution in [0.2, 0.25) is 0 Å². The number of carbonyl (C=O) groups excluding carboxylic acids is 2. The second kappa shape index (κ2) is 9.14. The van der Waals surface area contributed by atoms with Crippen LogP contribution in [-0.4, -0.2) is 19.0 Å². The normalized spacial score (nSPS) is 11.2. The summed E-state index contributed by atoms with van der Waals surface area (Å²) in [6.07, 6.45) is 2.41. The summed E-state index contributed by atoms with van der Waals surface area (Å²) in [6.45, 7) is 3.95. The lowest BCUT2D eigenvalue weighted by atomic mass is 10.0. The molecule has 136 valence electrons. The number of anilines is 1. The Hall–Kier alpha value is -1.92. The van der Waals surface area contributed by atoms with Crippen molar-refractivity contribution in [1.82, 2.24) is 0 Å². The number of ether oxygens (including phenoxy) is 1. The van der Waals surface area contributed by atoms with E-state index in [9.17, 15) is 9.59 Å². The average Bonchev–Trinajstić information content (AvgIpc) is 2.61. The van der Waals surface area contributed by atoms with Crippen molar-refractivity contribution in [3.63, 3.8) is 0 Å². The van der Waals surface area contributed by atoms with E-state index in [2.05, 4.69) is 44.1 Å².